The van der Waals surface area contributed by atoms with Crippen LogP contribution < -0.4 is 9.64 Å². The fraction of sp³-hybridized carbons (Fsp3) is 0.571. The van der Waals surface area contributed by atoms with Crippen LogP contribution in [0.4, 0.5) is 5.69 Å². The van der Waals surface area contributed by atoms with E-state index in [1.54, 1.807) is 0 Å². The third-order valence-electron chi connectivity index (χ3n) is 2.71. The highest BCUT2D eigenvalue weighted by molar-refractivity contribution is 6.30. The number of halogens is 1. The molecule has 0 spiro atoms. The predicted molar refractivity (Wildman–Crippen MR) is 75.4 cm³/mol. The van der Waals surface area contributed by atoms with Crippen LogP contribution in [0.5, 0.6) is 5.75 Å². The quantitative estimate of drug-likeness (QED) is 0.739. The summed E-state index contributed by atoms with van der Waals surface area (Å²) in [5, 5.41) is 0.729. The van der Waals surface area contributed by atoms with Gasteiger partial charge in [0.1, 0.15) is 12.4 Å². The Bertz CT molecular complexity index is 365. The third kappa shape index (κ3) is 3.06. The summed E-state index contributed by atoms with van der Waals surface area (Å²) in [6.07, 6.45) is 0. The number of hydrogen-bond donors (Lipinski definition) is 0. The Hall–Kier alpha value is -0.890. The van der Waals surface area contributed by atoms with E-state index in [1.165, 1.54) is 0 Å². The first-order valence-corrected chi connectivity index (χ1v) is 6.68. The van der Waals surface area contributed by atoms with E-state index in [4.69, 9.17) is 16.3 Å². The Morgan fingerprint density at radius 3 is 2.59 bits per heavy atom. The lowest BCUT2D eigenvalue weighted by Gasteiger charge is -2.39. The van der Waals surface area contributed by atoms with Crippen molar-refractivity contribution in [3.63, 3.8) is 0 Å². The van der Waals surface area contributed by atoms with E-state index >= 15 is 0 Å². The molecule has 0 bridgehead atoms. The largest absolute Gasteiger partial charge is 0.489 e. The van der Waals surface area contributed by atoms with Crippen molar-refractivity contribution in [3.8, 4) is 5.75 Å². The molecule has 0 saturated heterocycles. The van der Waals surface area contributed by atoms with Gasteiger partial charge in [0.25, 0.3) is 0 Å². The van der Waals surface area contributed by atoms with Crippen LogP contribution in [0.2, 0.25) is 5.02 Å². The molecule has 2 rings (SSSR count). The molecule has 1 unspecified atom stereocenters. The molecule has 3 heteroatoms. The molecule has 1 aromatic rings. The van der Waals surface area contributed by atoms with Gasteiger partial charge in [0.05, 0.1) is 11.7 Å². The number of ether oxygens (including phenoxy) is 1. The second-order valence-electron chi connectivity index (χ2n) is 4.27. The van der Waals surface area contributed by atoms with Crippen LogP contribution in [0.15, 0.2) is 18.2 Å². The second-order valence-corrected chi connectivity index (χ2v) is 4.71. The van der Waals surface area contributed by atoms with Crippen LogP contribution in [0.25, 0.3) is 0 Å². The van der Waals surface area contributed by atoms with Gasteiger partial charge in [-0.15, -0.1) is 0 Å². The van der Waals surface area contributed by atoms with E-state index in [0.29, 0.717) is 12.1 Å². The van der Waals surface area contributed by atoms with E-state index < -0.39 is 0 Å². The van der Waals surface area contributed by atoms with Crippen molar-refractivity contribution in [2.75, 3.05) is 11.5 Å². The number of anilines is 1. The lowest BCUT2D eigenvalue weighted by Crippen LogP contribution is -2.45. The minimum Gasteiger partial charge on any atom is -0.489 e. The van der Waals surface area contributed by atoms with E-state index in [9.17, 15) is 0 Å². The maximum atomic E-state index is 5.94. The lowest BCUT2D eigenvalue weighted by atomic mass is 10.1. The van der Waals surface area contributed by atoms with Crippen molar-refractivity contribution < 1.29 is 4.74 Å². The van der Waals surface area contributed by atoms with E-state index in [1.807, 2.05) is 32.0 Å². The molecular formula is C14H22ClNO. The highest BCUT2D eigenvalue weighted by Crippen LogP contribution is 2.36. The number of hydrogen-bond acceptors (Lipinski definition) is 2. The normalized spacial score (nSPS) is 18.1. The fourth-order valence-electron chi connectivity index (χ4n) is 2.13. The molecule has 1 aliphatic rings. The molecule has 0 aliphatic carbocycles. The van der Waals surface area contributed by atoms with Gasteiger partial charge in [0.15, 0.2) is 0 Å². The summed E-state index contributed by atoms with van der Waals surface area (Å²) in [6.45, 7) is 11.3. The van der Waals surface area contributed by atoms with Crippen LogP contribution in [-0.4, -0.2) is 18.7 Å². The summed E-state index contributed by atoms with van der Waals surface area (Å²) < 4.78 is 5.67. The minimum atomic E-state index is 0.415. The number of rotatable bonds is 1. The monoisotopic (exact) mass is 255 g/mol. The second kappa shape index (κ2) is 6.15. The first-order chi connectivity index (χ1) is 8.09. The molecule has 2 nitrogen and oxygen atoms in total. The molecule has 0 amide bonds. The first kappa shape index (κ1) is 14.2. The van der Waals surface area contributed by atoms with Crippen molar-refractivity contribution in [2.45, 2.75) is 46.7 Å². The van der Waals surface area contributed by atoms with Crippen molar-refractivity contribution >= 4 is 17.3 Å². The molecule has 0 N–H and O–H groups in total. The van der Waals surface area contributed by atoms with Crippen molar-refractivity contribution in [1.82, 2.24) is 0 Å². The Balaban J connectivity index is 0.000000686. The molecule has 1 atom stereocenters. The average molecular weight is 256 g/mol. The van der Waals surface area contributed by atoms with Gasteiger partial charge in [-0.1, -0.05) is 25.4 Å². The average Bonchev–Trinajstić information content (AvgIpc) is 2.31. The lowest BCUT2D eigenvalue weighted by molar-refractivity contribution is 0.264. The van der Waals surface area contributed by atoms with Crippen LogP contribution in [0.3, 0.4) is 0 Å². The molecule has 1 aliphatic heterocycles. The van der Waals surface area contributed by atoms with Crippen LogP contribution in [0, 0.1) is 0 Å². The summed E-state index contributed by atoms with van der Waals surface area (Å²) in [7, 11) is 0. The molecule has 1 heterocycles. The van der Waals surface area contributed by atoms with Crippen LogP contribution in [0.1, 0.15) is 34.6 Å². The summed E-state index contributed by atoms with van der Waals surface area (Å²) in [4.78, 5) is 2.37. The van der Waals surface area contributed by atoms with Crippen molar-refractivity contribution in [2.24, 2.45) is 0 Å². The van der Waals surface area contributed by atoms with E-state index in [2.05, 4.69) is 25.7 Å². The van der Waals surface area contributed by atoms with Crippen molar-refractivity contribution in [1.29, 1.82) is 0 Å². The molecule has 96 valence electrons. The zero-order valence-corrected chi connectivity index (χ0v) is 12.1. The maximum absolute atomic E-state index is 5.94. The molecule has 0 saturated carbocycles. The third-order valence-corrected chi connectivity index (χ3v) is 2.95. The van der Waals surface area contributed by atoms with Gasteiger partial charge < -0.3 is 9.64 Å². The summed E-state index contributed by atoms with van der Waals surface area (Å²) in [5.74, 6) is 0.898. The zero-order chi connectivity index (χ0) is 13.0. The zero-order valence-electron chi connectivity index (χ0n) is 11.3. The fourth-order valence-corrected chi connectivity index (χ4v) is 2.29. The van der Waals surface area contributed by atoms with Gasteiger partial charge in [-0.25, -0.2) is 0 Å². The van der Waals surface area contributed by atoms with Gasteiger partial charge >= 0.3 is 0 Å². The molecule has 0 fully saturated rings. The van der Waals surface area contributed by atoms with E-state index in [-0.39, 0.29) is 0 Å². The summed E-state index contributed by atoms with van der Waals surface area (Å²) in [6, 6.07) is 6.73. The van der Waals surface area contributed by atoms with Crippen molar-refractivity contribution in [3.05, 3.63) is 23.2 Å². The smallest absolute Gasteiger partial charge is 0.144 e. The Morgan fingerprint density at radius 2 is 2.00 bits per heavy atom. The van der Waals surface area contributed by atoms with Crippen LogP contribution in [-0.2, 0) is 0 Å². The topological polar surface area (TPSA) is 12.5 Å². The van der Waals surface area contributed by atoms with Crippen LogP contribution >= 0.6 is 11.6 Å². The van der Waals surface area contributed by atoms with Gasteiger partial charge in [0.2, 0.25) is 0 Å². The first-order valence-electron chi connectivity index (χ1n) is 6.30. The number of benzene rings is 1. The van der Waals surface area contributed by atoms with Gasteiger partial charge in [-0.2, -0.15) is 0 Å². The highest BCUT2D eigenvalue weighted by Gasteiger charge is 2.26. The Morgan fingerprint density at radius 1 is 1.35 bits per heavy atom. The molecule has 1 aromatic carbocycles. The predicted octanol–water partition coefficient (Wildman–Crippen LogP) is 4.36. The molecule has 17 heavy (non-hydrogen) atoms. The standard InChI is InChI=1S/C12H16ClNO.C2H6/c1-8(2)14-9(3)7-15-12-6-10(13)4-5-11(12)14;1-2/h4-6,8-9H,7H2,1-3H3;1-2H3. The Kier molecular flexibility index (Phi) is 5.13. The highest BCUT2D eigenvalue weighted by atomic mass is 35.5. The summed E-state index contributed by atoms with van der Waals surface area (Å²) in [5.41, 5.74) is 1.15. The number of fused-ring (bicyclic) bond motifs is 1. The SMILES string of the molecule is CC.CC(C)N1c2ccc(Cl)cc2OCC1C. The molecular weight excluding hydrogens is 234 g/mol. The minimum absolute atomic E-state index is 0.415. The Labute approximate surface area is 110 Å². The van der Waals surface area contributed by atoms with Gasteiger partial charge in [0, 0.05) is 17.1 Å². The van der Waals surface area contributed by atoms with E-state index in [0.717, 1.165) is 23.1 Å². The molecule has 0 aromatic heterocycles. The van der Waals surface area contributed by atoms with Gasteiger partial charge in [-0.3, -0.25) is 0 Å². The maximum Gasteiger partial charge on any atom is 0.144 e. The number of nitrogens with zero attached hydrogens (tertiary/aromatic N) is 1. The molecule has 0 radical (unpaired) electrons. The van der Waals surface area contributed by atoms with Gasteiger partial charge in [-0.05, 0) is 32.9 Å². The summed E-state index contributed by atoms with van der Waals surface area (Å²) >= 11 is 5.94.